The van der Waals surface area contributed by atoms with Gasteiger partial charge in [0.25, 0.3) is 5.91 Å². The van der Waals surface area contributed by atoms with Crippen LogP contribution >= 0.6 is 24.0 Å². The number of unbranched alkanes of at least 4 members (excludes halogenated alkanes) is 1. The number of carbonyl (C=O) groups excluding carboxylic acids is 2. The largest absolute Gasteiger partial charge is 0.548 e. The van der Waals surface area contributed by atoms with Crippen molar-refractivity contribution in [1.29, 1.82) is 0 Å². The fraction of sp³-hybridized carbons (Fsp3) is 0.312. The summed E-state index contributed by atoms with van der Waals surface area (Å²) in [6, 6.07) is 4.60. The molecule has 23 heavy (non-hydrogen) atoms. The van der Waals surface area contributed by atoms with Gasteiger partial charge in [-0.3, -0.25) is 9.69 Å². The third kappa shape index (κ3) is 4.17. The van der Waals surface area contributed by atoms with E-state index in [1.807, 2.05) is 6.92 Å². The van der Waals surface area contributed by atoms with Gasteiger partial charge >= 0.3 is 0 Å². The van der Waals surface area contributed by atoms with Gasteiger partial charge in [0.1, 0.15) is 10.1 Å². The molecule has 1 fully saturated rings. The number of amides is 1. The van der Waals surface area contributed by atoms with Crippen molar-refractivity contribution in [1.82, 2.24) is 4.90 Å². The number of carboxylic acids is 1. The van der Waals surface area contributed by atoms with E-state index in [2.05, 4.69) is 0 Å². The molecule has 4 nitrogen and oxygen atoms in total. The highest BCUT2D eigenvalue weighted by Gasteiger charge is 2.37. The Bertz CT molecular complexity index is 658. The lowest BCUT2D eigenvalue weighted by atomic mass is 10.1. The minimum absolute atomic E-state index is 0.202. The summed E-state index contributed by atoms with van der Waals surface area (Å²) >= 11 is 6.20. The van der Waals surface area contributed by atoms with Crippen molar-refractivity contribution in [2.45, 2.75) is 32.2 Å². The molecule has 1 atom stereocenters. The number of thioether (sulfide) groups is 1. The molecule has 1 heterocycles. The first kappa shape index (κ1) is 17.6. The predicted octanol–water partition coefficient (Wildman–Crippen LogP) is 2.34. The number of benzene rings is 1. The average Bonchev–Trinajstić information content (AvgIpc) is 2.77. The van der Waals surface area contributed by atoms with Gasteiger partial charge in [0.05, 0.1) is 16.9 Å². The van der Waals surface area contributed by atoms with Crippen LogP contribution in [0.25, 0.3) is 6.08 Å². The van der Waals surface area contributed by atoms with E-state index in [1.54, 1.807) is 6.08 Å². The SMILES string of the molecule is CCCC[C@H](C(=O)[O-])N1C(=O)/C(=C/c2ccc(F)cc2)SC1=S. The van der Waals surface area contributed by atoms with Crippen molar-refractivity contribution in [3.8, 4) is 0 Å². The van der Waals surface area contributed by atoms with Crippen molar-refractivity contribution >= 4 is 46.3 Å². The quantitative estimate of drug-likeness (QED) is 0.581. The highest BCUT2D eigenvalue weighted by molar-refractivity contribution is 8.26. The van der Waals surface area contributed by atoms with Crippen LogP contribution in [0.15, 0.2) is 29.2 Å². The monoisotopic (exact) mass is 352 g/mol. The van der Waals surface area contributed by atoms with E-state index in [9.17, 15) is 19.1 Å². The van der Waals surface area contributed by atoms with Gasteiger partial charge in [0.15, 0.2) is 0 Å². The van der Waals surface area contributed by atoms with Crippen molar-refractivity contribution in [3.05, 3.63) is 40.6 Å². The third-order valence-corrected chi connectivity index (χ3v) is 4.74. The van der Waals surface area contributed by atoms with Crippen LogP contribution < -0.4 is 5.11 Å². The molecule has 1 aromatic carbocycles. The van der Waals surface area contributed by atoms with E-state index in [0.717, 1.165) is 23.1 Å². The molecule has 0 aromatic heterocycles. The Morgan fingerprint density at radius 3 is 2.65 bits per heavy atom. The number of nitrogens with zero attached hydrogens (tertiary/aromatic N) is 1. The van der Waals surface area contributed by atoms with E-state index >= 15 is 0 Å². The molecule has 0 aliphatic carbocycles. The number of hydrogen-bond donors (Lipinski definition) is 0. The Balaban J connectivity index is 2.24. The number of thiocarbonyl (C=S) groups is 1. The number of rotatable bonds is 6. The highest BCUT2D eigenvalue weighted by Crippen LogP contribution is 2.34. The average molecular weight is 352 g/mol. The lowest BCUT2D eigenvalue weighted by Crippen LogP contribution is -2.49. The summed E-state index contributed by atoms with van der Waals surface area (Å²) in [4.78, 5) is 25.3. The highest BCUT2D eigenvalue weighted by atomic mass is 32.2. The van der Waals surface area contributed by atoms with Crippen LogP contribution in [-0.4, -0.2) is 27.1 Å². The van der Waals surface area contributed by atoms with Crippen molar-refractivity contribution in [2.24, 2.45) is 0 Å². The molecule has 0 saturated carbocycles. The first-order valence-corrected chi connectivity index (χ1v) is 8.40. The van der Waals surface area contributed by atoms with Crippen molar-refractivity contribution in [2.75, 3.05) is 0 Å². The van der Waals surface area contributed by atoms with Gasteiger partial charge in [-0.15, -0.1) is 0 Å². The smallest absolute Gasteiger partial charge is 0.266 e. The van der Waals surface area contributed by atoms with E-state index in [1.165, 1.54) is 24.3 Å². The number of hydrogen-bond acceptors (Lipinski definition) is 5. The molecule has 1 aliphatic rings. The molecule has 0 bridgehead atoms. The lowest BCUT2D eigenvalue weighted by molar-refractivity contribution is -0.310. The van der Waals surface area contributed by atoms with Gasteiger partial charge < -0.3 is 9.90 Å². The van der Waals surface area contributed by atoms with E-state index in [-0.39, 0.29) is 10.1 Å². The summed E-state index contributed by atoms with van der Waals surface area (Å²) in [5, 5.41) is 11.4. The first-order valence-electron chi connectivity index (χ1n) is 7.17. The number of halogens is 1. The van der Waals surface area contributed by atoms with E-state index < -0.39 is 17.9 Å². The Hall–Kier alpha value is -1.73. The molecule has 0 spiro atoms. The zero-order valence-electron chi connectivity index (χ0n) is 12.5. The molecule has 1 saturated heterocycles. The molecule has 122 valence electrons. The van der Waals surface area contributed by atoms with Crippen LogP contribution in [0, 0.1) is 5.82 Å². The fourth-order valence-corrected chi connectivity index (χ4v) is 3.57. The van der Waals surface area contributed by atoms with Gasteiger partial charge in [0, 0.05) is 0 Å². The summed E-state index contributed by atoms with van der Waals surface area (Å²) in [5.41, 5.74) is 0.644. The molecule has 1 amide bonds. The topological polar surface area (TPSA) is 60.4 Å². The van der Waals surface area contributed by atoms with Gasteiger partial charge in [-0.1, -0.05) is 55.9 Å². The van der Waals surface area contributed by atoms with E-state index in [4.69, 9.17) is 12.2 Å². The zero-order chi connectivity index (χ0) is 17.0. The van der Waals surface area contributed by atoms with Crippen LogP contribution in [0.1, 0.15) is 31.7 Å². The van der Waals surface area contributed by atoms with Crippen LogP contribution in [-0.2, 0) is 9.59 Å². The maximum atomic E-state index is 12.9. The second kappa shape index (κ2) is 7.70. The maximum Gasteiger partial charge on any atom is 0.266 e. The maximum absolute atomic E-state index is 12.9. The van der Waals surface area contributed by atoms with Crippen LogP contribution in [0.2, 0.25) is 0 Å². The van der Waals surface area contributed by atoms with Crippen molar-refractivity contribution in [3.63, 3.8) is 0 Å². The zero-order valence-corrected chi connectivity index (χ0v) is 14.1. The molecule has 2 rings (SSSR count). The van der Waals surface area contributed by atoms with Gasteiger partial charge in [-0.2, -0.15) is 0 Å². The Labute approximate surface area is 143 Å². The number of carboxylic acid groups (broad SMARTS) is 1. The normalized spacial score (nSPS) is 17.8. The van der Waals surface area contributed by atoms with Crippen molar-refractivity contribution < 1.29 is 19.1 Å². The van der Waals surface area contributed by atoms with Crippen LogP contribution in [0.5, 0.6) is 0 Å². The van der Waals surface area contributed by atoms with Crippen LogP contribution in [0.3, 0.4) is 0 Å². The number of aliphatic carboxylic acids is 1. The fourth-order valence-electron chi connectivity index (χ4n) is 2.21. The molecule has 7 heteroatoms. The molecule has 0 N–H and O–H groups in total. The molecule has 0 unspecified atom stereocenters. The first-order chi connectivity index (χ1) is 10.9. The van der Waals surface area contributed by atoms with Gasteiger partial charge in [-0.25, -0.2) is 4.39 Å². The summed E-state index contributed by atoms with van der Waals surface area (Å²) < 4.78 is 13.1. The Morgan fingerprint density at radius 2 is 2.09 bits per heavy atom. The molecular formula is C16H15FNO3S2-. The molecule has 1 aliphatic heterocycles. The summed E-state index contributed by atoms with van der Waals surface area (Å²) in [7, 11) is 0. The Morgan fingerprint density at radius 1 is 1.43 bits per heavy atom. The van der Waals surface area contributed by atoms with E-state index in [0.29, 0.717) is 23.3 Å². The second-order valence-electron chi connectivity index (χ2n) is 5.08. The third-order valence-electron chi connectivity index (χ3n) is 3.41. The lowest BCUT2D eigenvalue weighted by Gasteiger charge is -2.27. The van der Waals surface area contributed by atoms with Gasteiger partial charge in [-0.05, 0) is 30.2 Å². The summed E-state index contributed by atoms with van der Waals surface area (Å²) in [6.07, 6.45) is 3.34. The predicted molar refractivity (Wildman–Crippen MR) is 89.7 cm³/mol. The second-order valence-corrected chi connectivity index (χ2v) is 6.76. The standard InChI is InChI=1S/C16H16FNO3S2/c1-2-3-4-12(15(20)21)18-14(19)13(23-16(18)22)9-10-5-7-11(17)8-6-10/h5-9,12H,2-4H2,1H3,(H,20,21)/p-1/b13-9-/t12-/m1/s1. The molecular weight excluding hydrogens is 337 g/mol. The Kier molecular flexibility index (Phi) is 5.90. The molecule has 0 radical (unpaired) electrons. The minimum Gasteiger partial charge on any atom is -0.548 e. The summed E-state index contributed by atoms with van der Waals surface area (Å²) in [5.74, 6) is -2.13. The minimum atomic E-state index is -1.31. The van der Waals surface area contributed by atoms with Crippen LogP contribution in [0.4, 0.5) is 4.39 Å². The van der Waals surface area contributed by atoms with Gasteiger partial charge in [0.2, 0.25) is 0 Å². The summed E-state index contributed by atoms with van der Waals surface area (Å²) in [6.45, 7) is 1.94. The number of carbonyl (C=O) groups is 2. The molecule has 1 aromatic rings.